The maximum absolute atomic E-state index is 5.44. The Morgan fingerprint density at radius 3 is 2.95 bits per heavy atom. The minimum Gasteiger partial charge on any atom is -0.496 e. The highest BCUT2D eigenvalue weighted by molar-refractivity contribution is 5.45. The van der Waals surface area contributed by atoms with E-state index < -0.39 is 0 Å². The van der Waals surface area contributed by atoms with E-state index in [0.29, 0.717) is 6.04 Å². The Balaban J connectivity index is 1.74. The molecule has 0 spiro atoms. The first kappa shape index (κ1) is 12.3. The molecule has 3 heteroatoms. The van der Waals surface area contributed by atoms with Gasteiger partial charge in [-0.25, -0.2) is 0 Å². The Morgan fingerprint density at radius 2 is 2.21 bits per heavy atom. The maximum Gasteiger partial charge on any atom is 0.122 e. The van der Waals surface area contributed by atoms with Crippen molar-refractivity contribution in [3.63, 3.8) is 0 Å². The molecule has 0 bridgehead atoms. The Bertz CT molecular complexity index is 574. The third-order valence-electron chi connectivity index (χ3n) is 4.03. The lowest BCUT2D eigenvalue weighted by atomic mass is 10.1. The highest BCUT2D eigenvalue weighted by atomic mass is 16.5. The van der Waals surface area contributed by atoms with Crippen LogP contribution in [0.1, 0.15) is 29.3 Å². The first-order valence-electron chi connectivity index (χ1n) is 6.79. The zero-order valence-electron chi connectivity index (χ0n) is 11.5. The van der Waals surface area contributed by atoms with Gasteiger partial charge in [-0.1, -0.05) is 12.1 Å². The topological polar surface area (TPSA) is 26.2 Å². The Morgan fingerprint density at radius 1 is 1.32 bits per heavy atom. The molecule has 0 saturated heterocycles. The van der Waals surface area contributed by atoms with Crippen LogP contribution in [0.3, 0.4) is 0 Å². The minimum absolute atomic E-state index is 0.444. The van der Waals surface area contributed by atoms with Gasteiger partial charge in [-0.15, -0.1) is 0 Å². The summed E-state index contributed by atoms with van der Waals surface area (Å²) < 4.78 is 7.60. The molecule has 0 unspecified atom stereocenters. The normalized spacial score (nSPS) is 17.5. The largest absolute Gasteiger partial charge is 0.496 e. The van der Waals surface area contributed by atoms with Gasteiger partial charge in [-0.2, -0.15) is 0 Å². The van der Waals surface area contributed by atoms with Gasteiger partial charge in [0, 0.05) is 31.5 Å². The average molecular weight is 256 g/mol. The summed E-state index contributed by atoms with van der Waals surface area (Å²) in [6, 6.07) is 11.0. The van der Waals surface area contributed by atoms with Crippen LogP contribution in [0.25, 0.3) is 0 Å². The molecule has 1 N–H and O–H groups in total. The SMILES string of the molecule is COc1cccc2c1CC[C@@H]2NCc1cccn1C. The zero-order chi connectivity index (χ0) is 13.2. The fourth-order valence-electron chi connectivity index (χ4n) is 2.93. The highest BCUT2D eigenvalue weighted by Gasteiger charge is 2.24. The molecule has 100 valence electrons. The molecule has 0 aliphatic heterocycles. The van der Waals surface area contributed by atoms with Crippen LogP contribution < -0.4 is 10.1 Å². The number of aromatic nitrogens is 1. The smallest absolute Gasteiger partial charge is 0.122 e. The standard InChI is InChI=1S/C16H20N2O/c1-18-10-4-5-12(18)11-17-15-9-8-14-13(15)6-3-7-16(14)19-2/h3-7,10,15,17H,8-9,11H2,1-2H3/t15-/m0/s1. The number of benzene rings is 1. The molecule has 0 saturated carbocycles. The number of rotatable bonds is 4. The second-order valence-electron chi connectivity index (χ2n) is 5.11. The van der Waals surface area contributed by atoms with E-state index in [4.69, 9.17) is 4.74 Å². The lowest BCUT2D eigenvalue weighted by Crippen LogP contribution is -2.20. The van der Waals surface area contributed by atoms with E-state index in [2.05, 4.69) is 53.5 Å². The molecule has 1 heterocycles. The zero-order valence-corrected chi connectivity index (χ0v) is 11.5. The fourth-order valence-corrected chi connectivity index (χ4v) is 2.93. The van der Waals surface area contributed by atoms with Crippen LogP contribution >= 0.6 is 0 Å². The monoisotopic (exact) mass is 256 g/mol. The molecule has 19 heavy (non-hydrogen) atoms. The summed E-state index contributed by atoms with van der Waals surface area (Å²) in [6.45, 7) is 0.908. The van der Waals surface area contributed by atoms with E-state index in [9.17, 15) is 0 Å². The third-order valence-corrected chi connectivity index (χ3v) is 4.03. The van der Waals surface area contributed by atoms with Crippen LogP contribution in [-0.4, -0.2) is 11.7 Å². The molecule has 1 aromatic heterocycles. The van der Waals surface area contributed by atoms with Crippen LogP contribution in [0.15, 0.2) is 36.5 Å². The van der Waals surface area contributed by atoms with Crippen molar-refractivity contribution in [3.05, 3.63) is 53.3 Å². The minimum atomic E-state index is 0.444. The quantitative estimate of drug-likeness (QED) is 0.910. The van der Waals surface area contributed by atoms with Crippen molar-refractivity contribution in [3.8, 4) is 5.75 Å². The fraction of sp³-hybridized carbons (Fsp3) is 0.375. The second kappa shape index (κ2) is 5.10. The van der Waals surface area contributed by atoms with Crippen molar-refractivity contribution in [1.82, 2.24) is 9.88 Å². The molecule has 0 amide bonds. The molecule has 3 nitrogen and oxygen atoms in total. The molecule has 1 atom stereocenters. The number of hydrogen-bond donors (Lipinski definition) is 1. The van der Waals surface area contributed by atoms with Crippen molar-refractivity contribution in [2.24, 2.45) is 7.05 Å². The second-order valence-corrected chi connectivity index (χ2v) is 5.11. The summed E-state index contributed by atoms with van der Waals surface area (Å²) in [6.07, 6.45) is 4.34. The van der Waals surface area contributed by atoms with E-state index >= 15 is 0 Å². The van der Waals surface area contributed by atoms with Crippen LogP contribution in [-0.2, 0) is 20.0 Å². The van der Waals surface area contributed by atoms with Crippen molar-refractivity contribution >= 4 is 0 Å². The van der Waals surface area contributed by atoms with Gasteiger partial charge in [0.15, 0.2) is 0 Å². The van der Waals surface area contributed by atoms with Crippen LogP contribution in [0, 0.1) is 0 Å². The predicted molar refractivity (Wildman–Crippen MR) is 76.3 cm³/mol. The van der Waals surface area contributed by atoms with Crippen molar-refractivity contribution in [2.75, 3.05) is 7.11 Å². The van der Waals surface area contributed by atoms with E-state index in [1.54, 1.807) is 7.11 Å². The number of hydrogen-bond acceptors (Lipinski definition) is 2. The third kappa shape index (κ3) is 2.26. The lowest BCUT2D eigenvalue weighted by Gasteiger charge is -2.15. The summed E-state index contributed by atoms with van der Waals surface area (Å²) >= 11 is 0. The Kier molecular flexibility index (Phi) is 3.30. The number of ether oxygens (including phenoxy) is 1. The van der Waals surface area contributed by atoms with E-state index in [1.165, 1.54) is 16.8 Å². The van der Waals surface area contributed by atoms with Gasteiger partial charge in [0.25, 0.3) is 0 Å². The summed E-state index contributed by atoms with van der Waals surface area (Å²) in [4.78, 5) is 0. The summed E-state index contributed by atoms with van der Waals surface area (Å²) in [7, 11) is 3.84. The van der Waals surface area contributed by atoms with Gasteiger partial charge in [0.1, 0.15) is 5.75 Å². The van der Waals surface area contributed by atoms with Crippen LogP contribution in [0.2, 0.25) is 0 Å². The molecule has 1 aliphatic rings. The molecule has 3 rings (SSSR count). The summed E-state index contributed by atoms with van der Waals surface area (Å²) in [5.74, 6) is 1.03. The van der Waals surface area contributed by atoms with Gasteiger partial charge in [0.05, 0.1) is 7.11 Å². The van der Waals surface area contributed by atoms with E-state index in [1.807, 2.05) is 0 Å². The highest BCUT2D eigenvalue weighted by Crippen LogP contribution is 2.36. The van der Waals surface area contributed by atoms with E-state index in [0.717, 1.165) is 25.1 Å². The summed E-state index contributed by atoms with van der Waals surface area (Å²) in [5.41, 5.74) is 4.08. The molecule has 1 aliphatic carbocycles. The summed E-state index contributed by atoms with van der Waals surface area (Å²) in [5, 5.41) is 3.66. The number of aryl methyl sites for hydroxylation is 1. The average Bonchev–Trinajstić information content (AvgIpc) is 3.02. The van der Waals surface area contributed by atoms with Gasteiger partial charge < -0.3 is 14.6 Å². The van der Waals surface area contributed by atoms with Crippen LogP contribution in [0.5, 0.6) is 5.75 Å². The maximum atomic E-state index is 5.44. The molecule has 0 radical (unpaired) electrons. The van der Waals surface area contributed by atoms with Gasteiger partial charge in [-0.05, 0) is 42.2 Å². The molecule has 0 fully saturated rings. The predicted octanol–water partition coefficient (Wildman–Crippen LogP) is 2.81. The van der Waals surface area contributed by atoms with Crippen molar-refractivity contribution in [1.29, 1.82) is 0 Å². The molecular weight excluding hydrogens is 236 g/mol. The lowest BCUT2D eigenvalue weighted by molar-refractivity contribution is 0.410. The first-order valence-corrected chi connectivity index (χ1v) is 6.79. The Labute approximate surface area is 114 Å². The number of fused-ring (bicyclic) bond motifs is 1. The molecule has 2 aromatic rings. The Hall–Kier alpha value is -1.74. The van der Waals surface area contributed by atoms with Crippen molar-refractivity contribution < 1.29 is 4.74 Å². The van der Waals surface area contributed by atoms with Crippen LogP contribution in [0.4, 0.5) is 0 Å². The molecular formula is C16H20N2O. The van der Waals surface area contributed by atoms with Gasteiger partial charge in [0.2, 0.25) is 0 Å². The number of nitrogens with one attached hydrogen (secondary N) is 1. The van der Waals surface area contributed by atoms with E-state index in [-0.39, 0.29) is 0 Å². The van der Waals surface area contributed by atoms with Gasteiger partial charge >= 0.3 is 0 Å². The number of methoxy groups -OCH3 is 1. The van der Waals surface area contributed by atoms with Gasteiger partial charge in [-0.3, -0.25) is 0 Å². The number of nitrogens with zero attached hydrogens (tertiary/aromatic N) is 1. The van der Waals surface area contributed by atoms with Crippen molar-refractivity contribution in [2.45, 2.75) is 25.4 Å². The first-order chi connectivity index (χ1) is 9.29. The molecule has 1 aromatic carbocycles.